The Balaban J connectivity index is 1.43. The maximum absolute atomic E-state index is 13.5. The minimum Gasteiger partial charge on any atom is -0.497 e. The van der Waals surface area contributed by atoms with E-state index >= 15 is 0 Å². The van der Waals surface area contributed by atoms with Gasteiger partial charge in [-0.1, -0.05) is 6.08 Å². The molecular formula is C32H28F6N4O3. The van der Waals surface area contributed by atoms with Crippen LogP contribution >= 0.6 is 0 Å². The molecule has 1 aromatic heterocycles. The molecule has 4 heterocycles. The molecule has 3 aliphatic heterocycles. The van der Waals surface area contributed by atoms with Gasteiger partial charge >= 0.3 is 12.4 Å². The maximum Gasteiger partial charge on any atom is 0.416 e. The molecule has 7 nitrogen and oxygen atoms in total. The van der Waals surface area contributed by atoms with E-state index in [2.05, 4.69) is 27.1 Å². The van der Waals surface area contributed by atoms with Gasteiger partial charge < -0.3 is 15.4 Å². The third kappa shape index (κ3) is 5.65. The Morgan fingerprint density at radius 2 is 1.69 bits per heavy atom. The van der Waals surface area contributed by atoms with Crippen LogP contribution in [0.5, 0.6) is 5.75 Å². The highest BCUT2D eigenvalue weighted by Crippen LogP contribution is 2.44. The summed E-state index contributed by atoms with van der Waals surface area (Å²) in [6.45, 7) is 5.48. The van der Waals surface area contributed by atoms with Crippen molar-refractivity contribution in [1.29, 1.82) is 0 Å². The highest BCUT2D eigenvalue weighted by atomic mass is 19.4. The summed E-state index contributed by atoms with van der Waals surface area (Å²) >= 11 is 0. The number of piperidine rings is 3. The number of fused-ring (bicyclic) bond motifs is 4. The maximum atomic E-state index is 13.5. The second kappa shape index (κ2) is 11.2. The van der Waals surface area contributed by atoms with Gasteiger partial charge in [0.15, 0.2) is 0 Å². The summed E-state index contributed by atoms with van der Waals surface area (Å²) in [6, 6.07) is 7.29. The number of rotatable bonds is 8. The zero-order chi connectivity index (χ0) is 32.3. The van der Waals surface area contributed by atoms with E-state index in [-0.39, 0.29) is 23.7 Å². The summed E-state index contributed by atoms with van der Waals surface area (Å²) in [5.74, 6) is 1.16. The summed E-state index contributed by atoms with van der Waals surface area (Å²) in [6.07, 6.45) is -4.94. The average Bonchev–Trinajstić information content (AvgIpc) is 3.03. The van der Waals surface area contributed by atoms with Crippen LogP contribution in [0.25, 0.3) is 10.9 Å². The third-order valence-electron chi connectivity index (χ3n) is 8.92. The lowest BCUT2D eigenvalue weighted by Gasteiger charge is -2.52. The molecule has 0 aliphatic carbocycles. The molecule has 2 N–H and O–H groups in total. The van der Waals surface area contributed by atoms with Gasteiger partial charge in [-0.05, 0) is 79.3 Å². The number of pyridine rings is 1. The fourth-order valence-corrected chi connectivity index (χ4v) is 6.63. The van der Waals surface area contributed by atoms with Crippen LogP contribution in [0.1, 0.15) is 35.6 Å². The van der Waals surface area contributed by atoms with Crippen molar-refractivity contribution in [3.8, 4) is 5.75 Å². The van der Waals surface area contributed by atoms with E-state index < -0.39 is 51.8 Å². The molecule has 236 valence electrons. The highest BCUT2D eigenvalue weighted by molar-refractivity contribution is 5.85. The Bertz CT molecular complexity index is 1810. The standard InChI is InChI=1S/C32H28F6N4O3/c1-3-16-15-42-9-7-17(16)10-25(42)26(22-6-8-39-24-5-4-21(45-2)14-23(22)24)41-28-27(29(43)30(28)44)40-20-12-18(31(33,34)35)11-19(13-20)32(36,37)38/h3-6,8,11-14,16-17,25-26,40-41H,1,7,9-10,15H2,2H3/t16-,17-,25-,26+/m0/s1. The van der Waals surface area contributed by atoms with Crippen molar-refractivity contribution < 1.29 is 31.1 Å². The summed E-state index contributed by atoms with van der Waals surface area (Å²) in [5, 5.41) is 6.30. The second-order valence-corrected chi connectivity index (χ2v) is 11.5. The monoisotopic (exact) mass is 630 g/mol. The van der Waals surface area contributed by atoms with Crippen molar-refractivity contribution in [1.82, 2.24) is 9.88 Å². The number of alkyl halides is 6. The van der Waals surface area contributed by atoms with E-state index in [0.29, 0.717) is 29.3 Å². The van der Waals surface area contributed by atoms with Gasteiger partial charge in [-0.2, -0.15) is 26.3 Å². The highest BCUT2D eigenvalue weighted by Gasteiger charge is 2.44. The van der Waals surface area contributed by atoms with Gasteiger partial charge in [-0.25, -0.2) is 0 Å². The van der Waals surface area contributed by atoms with Crippen molar-refractivity contribution in [2.75, 3.05) is 30.8 Å². The van der Waals surface area contributed by atoms with E-state index in [0.717, 1.165) is 36.9 Å². The molecule has 3 aromatic carbocycles. The van der Waals surface area contributed by atoms with E-state index in [1.165, 1.54) is 7.11 Å². The second-order valence-electron chi connectivity index (χ2n) is 11.5. The molecule has 0 spiro atoms. The lowest BCUT2D eigenvalue weighted by Crippen LogP contribution is -2.56. The molecule has 0 saturated carbocycles. The number of benzene rings is 2. The average molecular weight is 631 g/mol. The fourth-order valence-electron chi connectivity index (χ4n) is 6.63. The molecule has 45 heavy (non-hydrogen) atoms. The molecule has 0 radical (unpaired) electrons. The minimum atomic E-state index is -5.08. The molecular weight excluding hydrogens is 602 g/mol. The fraction of sp³-hybridized carbons (Fsp3) is 0.344. The van der Waals surface area contributed by atoms with Crippen LogP contribution < -0.4 is 26.2 Å². The van der Waals surface area contributed by atoms with Gasteiger partial charge in [0, 0.05) is 29.9 Å². The summed E-state index contributed by atoms with van der Waals surface area (Å²) in [5.41, 5.74) is -4.95. The Labute approximate surface area is 253 Å². The number of nitrogens with one attached hydrogen (secondary N) is 2. The van der Waals surface area contributed by atoms with Crippen LogP contribution in [0, 0.1) is 11.8 Å². The first-order valence-electron chi connectivity index (χ1n) is 14.2. The smallest absolute Gasteiger partial charge is 0.416 e. The van der Waals surface area contributed by atoms with Crippen LogP contribution in [0.3, 0.4) is 0 Å². The van der Waals surface area contributed by atoms with E-state index in [4.69, 9.17) is 4.74 Å². The SMILES string of the molecule is C=C[C@H]1CN2CC[C@H]1C[C@H]2[C@H](Nc1c(Nc2cc(C(F)(F)F)cc(C(F)(F)F)c2)c(=O)c1=O)c1ccnc2ccc(OC)cc12. The van der Waals surface area contributed by atoms with E-state index in [1.54, 1.807) is 30.5 Å². The first kappa shape index (κ1) is 30.6. The van der Waals surface area contributed by atoms with Crippen LogP contribution in [-0.2, 0) is 12.4 Å². The third-order valence-corrected chi connectivity index (χ3v) is 8.92. The molecule has 0 amide bonds. The molecule has 7 rings (SSSR count). The molecule has 3 saturated heterocycles. The number of methoxy groups -OCH3 is 1. The summed E-state index contributed by atoms with van der Waals surface area (Å²) in [7, 11) is 1.52. The lowest BCUT2D eigenvalue weighted by molar-refractivity contribution is -0.143. The Kier molecular flexibility index (Phi) is 7.62. The Morgan fingerprint density at radius 1 is 1.00 bits per heavy atom. The van der Waals surface area contributed by atoms with Crippen LogP contribution in [0.4, 0.5) is 43.4 Å². The normalized spacial score (nSPS) is 22.4. The Hall–Kier alpha value is -4.39. The van der Waals surface area contributed by atoms with Crippen LogP contribution in [-0.4, -0.2) is 36.1 Å². The Morgan fingerprint density at radius 3 is 2.29 bits per heavy atom. The lowest BCUT2D eigenvalue weighted by atomic mass is 9.73. The number of hydrogen-bond donors (Lipinski definition) is 2. The summed E-state index contributed by atoms with van der Waals surface area (Å²) in [4.78, 5) is 32.4. The first-order valence-corrected chi connectivity index (χ1v) is 14.2. The molecule has 13 heteroatoms. The van der Waals surface area contributed by atoms with Crippen molar-refractivity contribution in [3.63, 3.8) is 0 Å². The predicted octanol–water partition coefficient (Wildman–Crippen LogP) is 6.67. The van der Waals surface area contributed by atoms with Crippen molar-refractivity contribution in [2.24, 2.45) is 11.8 Å². The van der Waals surface area contributed by atoms with Crippen LogP contribution in [0.2, 0.25) is 0 Å². The minimum absolute atomic E-state index is 0.00556. The van der Waals surface area contributed by atoms with Gasteiger partial charge in [0.2, 0.25) is 0 Å². The van der Waals surface area contributed by atoms with Gasteiger partial charge in [0.1, 0.15) is 17.1 Å². The molecule has 1 unspecified atom stereocenters. The topological polar surface area (TPSA) is 83.6 Å². The quantitative estimate of drug-likeness (QED) is 0.128. The van der Waals surface area contributed by atoms with Crippen molar-refractivity contribution in [3.05, 3.63) is 98.5 Å². The number of halogens is 6. The van der Waals surface area contributed by atoms with Gasteiger partial charge in [-0.15, -0.1) is 6.58 Å². The number of hydrogen-bond acceptors (Lipinski definition) is 7. The first-order chi connectivity index (χ1) is 21.3. The largest absolute Gasteiger partial charge is 0.497 e. The number of anilines is 3. The van der Waals surface area contributed by atoms with E-state index in [9.17, 15) is 35.9 Å². The van der Waals surface area contributed by atoms with Gasteiger partial charge in [0.05, 0.1) is 29.8 Å². The summed E-state index contributed by atoms with van der Waals surface area (Å²) < 4.78 is 86.4. The van der Waals surface area contributed by atoms with Gasteiger partial charge in [0.25, 0.3) is 10.9 Å². The van der Waals surface area contributed by atoms with Gasteiger partial charge in [-0.3, -0.25) is 19.5 Å². The molecule has 3 fully saturated rings. The van der Waals surface area contributed by atoms with Crippen LogP contribution in [0.15, 0.2) is 70.9 Å². The zero-order valence-electron chi connectivity index (χ0n) is 23.9. The van der Waals surface area contributed by atoms with E-state index in [1.807, 2.05) is 6.08 Å². The molecule has 4 aromatic rings. The predicted molar refractivity (Wildman–Crippen MR) is 158 cm³/mol. The molecule has 2 bridgehead atoms. The number of ether oxygens (including phenoxy) is 1. The zero-order valence-corrected chi connectivity index (χ0v) is 23.9. The molecule has 5 atom stereocenters. The molecule has 3 aliphatic rings. The van der Waals surface area contributed by atoms with Crippen molar-refractivity contribution >= 4 is 28.0 Å². The van der Waals surface area contributed by atoms with Crippen molar-refractivity contribution in [2.45, 2.75) is 37.3 Å². The number of aromatic nitrogens is 1. The number of nitrogens with zero attached hydrogens (tertiary/aromatic N) is 2.